The Balaban J connectivity index is 1.66. The van der Waals surface area contributed by atoms with Crippen molar-refractivity contribution in [3.8, 4) is 0 Å². The molecule has 1 N–H and O–H groups in total. The number of thiophene rings is 1. The van der Waals surface area contributed by atoms with Gasteiger partial charge in [-0.05, 0) is 50.2 Å². The van der Waals surface area contributed by atoms with Gasteiger partial charge < -0.3 is 10.1 Å². The van der Waals surface area contributed by atoms with Crippen molar-refractivity contribution < 1.29 is 4.74 Å². The van der Waals surface area contributed by atoms with Gasteiger partial charge in [-0.25, -0.2) is 0 Å². The monoisotopic (exact) mass is 313 g/mol. The van der Waals surface area contributed by atoms with Gasteiger partial charge in [-0.3, -0.25) is 0 Å². The molecule has 1 aliphatic heterocycles. The first-order chi connectivity index (χ1) is 9.65. The van der Waals surface area contributed by atoms with Crippen molar-refractivity contribution in [3.63, 3.8) is 0 Å². The van der Waals surface area contributed by atoms with E-state index in [-0.39, 0.29) is 5.60 Å². The van der Waals surface area contributed by atoms with Crippen molar-refractivity contribution in [1.82, 2.24) is 5.32 Å². The van der Waals surface area contributed by atoms with Crippen molar-refractivity contribution in [2.45, 2.75) is 70.1 Å². The third kappa shape index (κ3) is 2.78. The number of fused-ring (bicyclic) bond motifs is 1. The van der Waals surface area contributed by atoms with Gasteiger partial charge >= 0.3 is 0 Å². The summed E-state index contributed by atoms with van der Waals surface area (Å²) >= 11 is 7.90. The Hall–Kier alpha value is -0.0900. The standard InChI is InChI=1S/C16H24ClNOS/c1-3-16(4-2)10-11(7-8-19-16)18-13-5-6-14-12(13)9-15(17)20-14/h9,11,13,18H,3-8,10H2,1-2H3. The lowest BCUT2D eigenvalue weighted by Gasteiger charge is -2.41. The number of halogens is 1. The van der Waals surface area contributed by atoms with Crippen molar-refractivity contribution in [3.05, 3.63) is 20.8 Å². The number of nitrogens with one attached hydrogen (secondary N) is 1. The third-order valence-corrected chi connectivity index (χ3v) is 6.41. The first-order valence-electron chi connectivity index (χ1n) is 7.84. The number of rotatable bonds is 4. The summed E-state index contributed by atoms with van der Waals surface area (Å²) in [4.78, 5) is 1.48. The topological polar surface area (TPSA) is 21.3 Å². The Morgan fingerprint density at radius 2 is 2.20 bits per heavy atom. The van der Waals surface area contributed by atoms with Gasteiger partial charge in [0, 0.05) is 23.6 Å². The van der Waals surface area contributed by atoms with Crippen LogP contribution >= 0.6 is 22.9 Å². The Bertz CT molecular complexity index is 469. The van der Waals surface area contributed by atoms with Crippen molar-refractivity contribution in [1.29, 1.82) is 0 Å². The number of hydrogen-bond acceptors (Lipinski definition) is 3. The molecule has 0 aromatic carbocycles. The van der Waals surface area contributed by atoms with Gasteiger partial charge in [0.1, 0.15) is 0 Å². The third-order valence-electron chi connectivity index (χ3n) is 5.07. The average Bonchev–Trinajstić information content (AvgIpc) is 3.00. The van der Waals surface area contributed by atoms with E-state index in [4.69, 9.17) is 16.3 Å². The molecular formula is C16H24ClNOS. The molecule has 112 valence electrons. The second-order valence-corrected chi connectivity index (χ2v) is 7.88. The van der Waals surface area contributed by atoms with Gasteiger partial charge in [-0.1, -0.05) is 25.4 Å². The van der Waals surface area contributed by atoms with Crippen LogP contribution < -0.4 is 5.32 Å². The lowest BCUT2D eigenvalue weighted by molar-refractivity contribution is -0.0941. The molecule has 0 spiro atoms. The zero-order valence-corrected chi connectivity index (χ0v) is 13.9. The quantitative estimate of drug-likeness (QED) is 0.868. The molecular weight excluding hydrogens is 290 g/mol. The molecule has 2 heterocycles. The number of aryl methyl sites for hydroxylation is 1. The molecule has 0 bridgehead atoms. The van der Waals surface area contributed by atoms with E-state index in [1.54, 1.807) is 11.3 Å². The minimum Gasteiger partial charge on any atom is -0.375 e. The molecule has 1 aliphatic carbocycles. The van der Waals surface area contributed by atoms with Crippen molar-refractivity contribution >= 4 is 22.9 Å². The van der Waals surface area contributed by atoms with Crippen LogP contribution in [0.2, 0.25) is 4.34 Å². The van der Waals surface area contributed by atoms with E-state index in [1.807, 2.05) is 0 Å². The van der Waals surface area contributed by atoms with Crippen LogP contribution in [0.5, 0.6) is 0 Å². The second kappa shape index (κ2) is 5.96. The predicted molar refractivity (Wildman–Crippen MR) is 85.8 cm³/mol. The lowest BCUT2D eigenvalue weighted by Crippen LogP contribution is -2.47. The highest BCUT2D eigenvalue weighted by molar-refractivity contribution is 7.16. The van der Waals surface area contributed by atoms with Crippen molar-refractivity contribution in [2.75, 3.05) is 6.61 Å². The van der Waals surface area contributed by atoms with E-state index in [0.717, 1.165) is 36.6 Å². The molecule has 1 fully saturated rings. The summed E-state index contributed by atoms with van der Waals surface area (Å²) in [5.74, 6) is 0. The zero-order chi connectivity index (χ0) is 14.2. The van der Waals surface area contributed by atoms with Crippen LogP contribution in [0.4, 0.5) is 0 Å². The van der Waals surface area contributed by atoms with Crippen LogP contribution in [-0.4, -0.2) is 18.2 Å². The Morgan fingerprint density at radius 3 is 2.95 bits per heavy atom. The van der Waals surface area contributed by atoms with E-state index < -0.39 is 0 Å². The van der Waals surface area contributed by atoms with Gasteiger partial charge in [0.15, 0.2) is 0 Å². The molecule has 1 aromatic rings. The Morgan fingerprint density at radius 1 is 1.40 bits per heavy atom. The van der Waals surface area contributed by atoms with Crippen LogP contribution in [-0.2, 0) is 11.2 Å². The summed E-state index contributed by atoms with van der Waals surface area (Å²) in [5, 5.41) is 3.88. The molecule has 4 heteroatoms. The van der Waals surface area contributed by atoms with Crippen molar-refractivity contribution in [2.24, 2.45) is 0 Å². The van der Waals surface area contributed by atoms with Crippen LogP contribution in [0.1, 0.15) is 62.4 Å². The highest BCUT2D eigenvalue weighted by Crippen LogP contribution is 2.40. The van der Waals surface area contributed by atoms with E-state index in [9.17, 15) is 0 Å². The predicted octanol–water partition coefficient (Wildman–Crippen LogP) is 4.72. The lowest BCUT2D eigenvalue weighted by atomic mass is 9.85. The molecule has 1 aromatic heterocycles. The highest BCUT2D eigenvalue weighted by Gasteiger charge is 2.36. The maximum absolute atomic E-state index is 6.15. The number of hydrogen-bond donors (Lipinski definition) is 1. The molecule has 20 heavy (non-hydrogen) atoms. The molecule has 3 rings (SSSR count). The molecule has 2 aliphatic rings. The van der Waals surface area contributed by atoms with Gasteiger partial charge in [-0.2, -0.15) is 0 Å². The summed E-state index contributed by atoms with van der Waals surface area (Å²) < 4.78 is 7.01. The number of ether oxygens (including phenoxy) is 1. The maximum Gasteiger partial charge on any atom is 0.0934 e. The molecule has 0 amide bonds. The van der Waals surface area contributed by atoms with Gasteiger partial charge in [-0.15, -0.1) is 11.3 Å². The molecule has 2 unspecified atom stereocenters. The largest absolute Gasteiger partial charge is 0.375 e. The zero-order valence-electron chi connectivity index (χ0n) is 12.4. The fourth-order valence-corrected chi connectivity index (χ4v) is 5.06. The minimum absolute atomic E-state index is 0.101. The van der Waals surface area contributed by atoms with Gasteiger partial charge in [0.05, 0.1) is 9.94 Å². The normalized spacial score (nSPS) is 28.6. The summed E-state index contributed by atoms with van der Waals surface area (Å²) in [5.41, 5.74) is 1.55. The fourth-order valence-electron chi connectivity index (χ4n) is 3.70. The molecule has 2 nitrogen and oxygen atoms in total. The first-order valence-corrected chi connectivity index (χ1v) is 9.03. The maximum atomic E-state index is 6.15. The Labute approximate surface area is 130 Å². The van der Waals surface area contributed by atoms with E-state index in [0.29, 0.717) is 12.1 Å². The second-order valence-electron chi connectivity index (χ2n) is 6.12. The van der Waals surface area contributed by atoms with Crippen LogP contribution in [0.25, 0.3) is 0 Å². The highest BCUT2D eigenvalue weighted by atomic mass is 35.5. The molecule has 0 radical (unpaired) electrons. The molecule has 2 atom stereocenters. The SMILES string of the molecule is CCC1(CC)CC(NC2CCc3sc(Cl)cc32)CCO1. The summed E-state index contributed by atoms with van der Waals surface area (Å²) in [6, 6.07) is 3.25. The van der Waals surface area contributed by atoms with E-state index in [1.165, 1.54) is 23.3 Å². The summed E-state index contributed by atoms with van der Waals surface area (Å²) in [6.07, 6.45) is 6.90. The van der Waals surface area contributed by atoms with Gasteiger partial charge in [0.2, 0.25) is 0 Å². The minimum atomic E-state index is 0.101. The van der Waals surface area contributed by atoms with Crippen LogP contribution in [0, 0.1) is 0 Å². The van der Waals surface area contributed by atoms with Crippen LogP contribution in [0.3, 0.4) is 0 Å². The van der Waals surface area contributed by atoms with Crippen LogP contribution in [0.15, 0.2) is 6.07 Å². The fraction of sp³-hybridized carbons (Fsp3) is 0.750. The average molecular weight is 314 g/mol. The first kappa shape index (κ1) is 14.8. The van der Waals surface area contributed by atoms with E-state index >= 15 is 0 Å². The van der Waals surface area contributed by atoms with Gasteiger partial charge in [0.25, 0.3) is 0 Å². The summed E-state index contributed by atoms with van der Waals surface area (Å²) in [6.45, 7) is 5.39. The molecule has 1 saturated heterocycles. The Kier molecular flexibility index (Phi) is 4.42. The summed E-state index contributed by atoms with van der Waals surface area (Å²) in [7, 11) is 0. The smallest absolute Gasteiger partial charge is 0.0934 e. The van der Waals surface area contributed by atoms with E-state index in [2.05, 4.69) is 25.2 Å². The molecule has 0 saturated carbocycles.